The van der Waals surface area contributed by atoms with Crippen LogP contribution in [0.2, 0.25) is 0 Å². The third-order valence-corrected chi connectivity index (χ3v) is 3.50. The molecule has 0 bridgehead atoms. The lowest BCUT2D eigenvalue weighted by molar-refractivity contribution is -0.0537. The second-order valence-electron chi connectivity index (χ2n) is 5.49. The molecule has 1 atom stereocenters. The molecule has 0 radical (unpaired) electrons. The van der Waals surface area contributed by atoms with Crippen molar-refractivity contribution < 1.29 is 19.0 Å². The first-order valence-electron chi connectivity index (χ1n) is 7.35. The Bertz CT molecular complexity index is 643. The van der Waals surface area contributed by atoms with E-state index in [1.54, 1.807) is 30.6 Å². The molecule has 1 fully saturated rings. The van der Waals surface area contributed by atoms with Crippen molar-refractivity contribution >= 4 is 5.95 Å². The summed E-state index contributed by atoms with van der Waals surface area (Å²) in [6, 6.07) is 7.55. The van der Waals surface area contributed by atoms with E-state index in [0.29, 0.717) is 24.8 Å². The average Bonchev–Trinajstić information content (AvgIpc) is 2.76. The van der Waals surface area contributed by atoms with Gasteiger partial charge in [-0.1, -0.05) is 6.07 Å². The van der Waals surface area contributed by atoms with Crippen LogP contribution >= 0.6 is 0 Å². The zero-order valence-electron chi connectivity index (χ0n) is 12.6. The van der Waals surface area contributed by atoms with Gasteiger partial charge in [0, 0.05) is 25.0 Å². The quantitative estimate of drug-likeness (QED) is 0.915. The van der Waals surface area contributed by atoms with Gasteiger partial charge in [0.1, 0.15) is 23.8 Å². The first kappa shape index (κ1) is 15.6. The molecule has 7 heteroatoms. The average molecular weight is 319 g/mol. The Morgan fingerprint density at radius 1 is 1.30 bits per heavy atom. The van der Waals surface area contributed by atoms with Gasteiger partial charge in [-0.3, -0.25) is 0 Å². The number of hydrogen-bond donors (Lipinski definition) is 1. The lowest BCUT2D eigenvalue weighted by atomic mass is 10.1. The summed E-state index contributed by atoms with van der Waals surface area (Å²) in [5, 5.41) is 10.8. The second kappa shape index (κ2) is 6.89. The van der Waals surface area contributed by atoms with Gasteiger partial charge in [0.15, 0.2) is 0 Å². The third-order valence-electron chi connectivity index (χ3n) is 3.50. The summed E-state index contributed by atoms with van der Waals surface area (Å²) in [6.07, 6.45) is 3.30. The largest absolute Gasteiger partial charge is 0.490 e. The van der Waals surface area contributed by atoms with E-state index in [2.05, 4.69) is 9.97 Å². The number of aliphatic hydroxyl groups is 1. The van der Waals surface area contributed by atoms with Gasteiger partial charge in [-0.25, -0.2) is 14.4 Å². The Kier molecular flexibility index (Phi) is 4.68. The molecule has 6 nitrogen and oxygen atoms in total. The smallest absolute Gasteiger partial charge is 0.225 e. The predicted octanol–water partition coefficient (Wildman–Crippen LogP) is 1.26. The minimum atomic E-state index is -1.23. The maximum Gasteiger partial charge on any atom is 0.225 e. The van der Waals surface area contributed by atoms with Crippen molar-refractivity contribution in [2.75, 3.05) is 37.8 Å². The van der Waals surface area contributed by atoms with E-state index in [1.165, 1.54) is 12.1 Å². The van der Waals surface area contributed by atoms with E-state index in [9.17, 15) is 9.50 Å². The van der Waals surface area contributed by atoms with Crippen LogP contribution in [-0.4, -0.2) is 53.6 Å². The second-order valence-corrected chi connectivity index (χ2v) is 5.49. The molecule has 1 saturated heterocycles. The molecule has 3 rings (SSSR count). The van der Waals surface area contributed by atoms with Crippen LogP contribution in [0.25, 0.3) is 0 Å². The van der Waals surface area contributed by atoms with Gasteiger partial charge in [0.05, 0.1) is 19.8 Å². The van der Waals surface area contributed by atoms with Gasteiger partial charge in [0.25, 0.3) is 0 Å². The summed E-state index contributed by atoms with van der Waals surface area (Å²) in [4.78, 5) is 10.2. The minimum absolute atomic E-state index is 0.0141. The fourth-order valence-electron chi connectivity index (χ4n) is 2.40. The monoisotopic (exact) mass is 319 g/mol. The van der Waals surface area contributed by atoms with Crippen LogP contribution in [0.3, 0.4) is 0 Å². The molecule has 2 aromatic rings. The third kappa shape index (κ3) is 4.14. The minimum Gasteiger partial charge on any atom is -0.490 e. The maximum absolute atomic E-state index is 13.2. The zero-order chi connectivity index (χ0) is 16.1. The number of rotatable bonds is 4. The summed E-state index contributed by atoms with van der Waals surface area (Å²) in [6.45, 7) is 1.42. The molecular weight excluding hydrogens is 301 g/mol. The fourth-order valence-corrected chi connectivity index (χ4v) is 2.40. The Morgan fingerprint density at radius 2 is 2.13 bits per heavy atom. The van der Waals surface area contributed by atoms with Gasteiger partial charge in [-0.15, -0.1) is 0 Å². The summed E-state index contributed by atoms with van der Waals surface area (Å²) < 4.78 is 24.2. The first-order chi connectivity index (χ1) is 11.1. The highest BCUT2D eigenvalue weighted by molar-refractivity contribution is 5.30. The number of aromatic nitrogens is 2. The molecule has 1 aromatic carbocycles. The fraction of sp³-hybridized carbons (Fsp3) is 0.375. The SMILES string of the molecule is O[C@]1(COc2cccc(F)c2)COCCN(c2ncccn2)C1. The molecule has 1 aliphatic heterocycles. The van der Waals surface area contributed by atoms with Crippen LogP contribution in [0.1, 0.15) is 0 Å². The zero-order valence-corrected chi connectivity index (χ0v) is 12.6. The standard InChI is InChI=1S/C16H18FN3O3/c17-13-3-1-4-14(9-13)23-12-16(21)10-20(7-8-22-11-16)15-18-5-2-6-19-15/h1-6,9,21H,7-8,10-12H2/t16-/m0/s1. The van der Waals surface area contributed by atoms with Gasteiger partial charge in [-0.05, 0) is 18.2 Å². The lowest BCUT2D eigenvalue weighted by Gasteiger charge is -2.30. The van der Waals surface area contributed by atoms with E-state index < -0.39 is 5.60 Å². The van der Waals surface area contributed by atoms with Crippen LogP contribution < -0.4 is 9.64 Å². The van der Waals surface area contributed by atoms with Crippen molar-refractivity contribution in [2.45, 2.75) is 5.60 Å². The highest BCUT2D eigenvalue weighted by Gasteiger charge is 2.34. The lowest BCUT2D eigenvalue weighted by Crippen LogP contribution is -2.49. The Balaban J connectivity index is 1.69. The Morgan fingerprint density at radius 3 is 2.91 bits per heavy atom. The van der Waals surface area contributed by atoms with E-state index in [1.807, 2.05) is 4.90 Å². The molecular formula is C16H18FN3O3. The van der Waals surface area contributed by atoms with Crippen molar-refractivity contribution in [3.63, 3.8) is 0 Å². The van der Waals surface area contributed by atoms with E-state index in [4.69, 9.17) is 9.47 Å². The summed E-state index contributed by atoms with van der Waals surface area (Å²) in [7, 11) is 0. The molecule has 1 aliphatic rings. The van der Waals surface area contributed by atoms with E-state index >= 15 is 0 Å². The summed E-state index contributed by atoms with van der Waals surface area (Å²) in [5.41, 5.74) is -1.23. The topological polar surface area (TPSA) is 67.7 Å². The molecule has 0 unspecified atom stereocenters. The molecule has 0 spiro atoms. The molecule has 0 amide bonds. The number of benzene rings is 1. The molecule has 0 saturated carbocycles. The van der Waals surface area contributed by atoms with Gasteiger partial charge in [0.2, 0.25) is 5.95 Å². The van der Waals surface area contributed by atoms with Crippen LogP contribution in [0.15, 0.2) is 42.7 Å². The molecule has 122 valence electrons. The Labute approximate surface area is 133 Å². The number of hydrogen-bond acceptors (Lipinski definition) is 6. The van der Waals surface area contributed by atoms with Crippen molar-refractivity contribution in [1.29, 1.82) is 0 Å². The number of halogens is 1. The maximum atomic E-state index is 13.2. The molecule has 1 aromatic heterocycles. The Hall–Kier alpha value is -2.25. The molecule has 2 heterocycles. The summed E-state index contributed by atoms with van der Waals surface area (Å²) in [5.74, 6) is 0.512. The normalized spacial score (nSPS) is 21.7. The van der Waals surface area contributed by atoms with Crippen LogP contribution in [0, 0.1) is 5.82 Å². The van der Waals surface area contributed by atoms with Crippen molar-refractivity contribution in [3.8, 4) is 5.75 Å². The number of β-amino-alcohol motifs (C(OH)–C–C–N with tert-alkyl or cyclic N) is 1. The highest BCUT2D eigenvalue weighted by atomic mass is 19.1. The number of nitrogens with zero attached hydrogens (tertiary/aromatic N) is 3. The van der Waals surface area contributed by atoms with Crippen LogP contribution in [-0.2, 0) is 4.74 Å². The van der Waals surface area contributed by atoms with Crippen LogP contribution in [0.4, 0.5) is 10.3 Å². The summed E-state index contributed by atoms with van der Waals surface area (Å²) >= 11 is 0. The molecule has 0 aliphatic carbocycles. The molecule has 23 heavy (non-hydrogen) atoms. The van der Waals surface area contributed by atoms with Gasteiger partial charge in [-0.2, -0.15) is 0 Å². The van der Waals surface area contributed by atoms with Crippen molar-refractivity contribution in [3.05, 3.63) is 48.5 Å². The van der Waals surface area contributed by atoms with Crippen molar-refractivity contribution in [1.82, 2.24) is 9.97 Å². The van der Waals surface area contributed by atoms with Crippen molar-refractivity contribution in [2.24, 2.45) is 0 Å². The van der Waals surface area contributed by atoms with Crippen LogP contribution in [0.5, 0.6) is 5.75 Å². The van der Waals surface area contributed by atoms with Gasteiger partial charge < -0.3 is 19.5 Å². The number of ether oxygens (including phenoxy) is 2. The predicted molar refractivity (Wildman–Crippen MR) is 81.9 cm³/mol. The number of anilines is 1. The van der Waals surface area contributed by atoms with E-state index in [-0.39, 0.29) is 25.6 Å². The highest BCUT2D eigenvalue weighted by Crippen LogP contribution is 2.19. The van der Waals surface area contributed by atoms with Gasteiger partial charge >= 0.3 is 0 Å². The van der Waals surface area contributed by atoms with E-state index in [0.717, 1.165) is 0 Å². The first-order valence-corrected chi connectivity index (χ1v) is 7.35. The molecule has 1 N–H and O–H groups in total.